The second-order valence-corrected chi connectivity index (χ2v) is 11.8. The summed E-state index contributed by atoms with van der Waals surface area (Å²) in [4.78, 5) is 29.7. The predicted molar refractivity (Wildman–Crippen MR) is 150 cm³/mol. The highest BCUT2D eigenvalue weighted by atomic mass is 35.5. The smallest absolute Gasteiger partial charge is 0.314 e. The summed E-state index contributed by atoms with van der Waals surface area (Å²) in [5.41, 5.74) is 2.62. The maximum Gasteiger partial charge on any atom is 0.314 e. The number of carboxylic acids is 1. The maximum absolute atomic E-state index is 13.0. The summed E-state index contributed by atoms with van der Waals surface area (Å²) in [5.74, 6) is -0.421. The molecule has 0 aromatic heterocycles. The van der Waals surface area contributed by atoms with Gasteiger partial charge in [0.1, 0.15) is 5.75 Å². The van der Waals surface area contributed by atoms with Crippen LogP contribution in [0.15, 0.2) is 48.6 Å². The standard InChI is InChI=1S/C31H37ClN2O4/c1-30(29(36)37)19-28(35)33(2)15-6-4-3-5-7-16-34-20-31(21-38-27-13-10-23(30)18-26(27)34)14-8-9-22-17-24(32)11-12-25(22)31/h4,6,10-13,17-18H,3,5,7-9,14-16,19-21H2,1-2H3,(H,36,37)/b6-4+/t30-,31-/m0/s1. The number of carbonyl (C=O) groups excluding carboxylic acids is 1. The van der Waals surface area contributed by atoms with Crippen LogP contribution < -0.4 is 9.64 Å². The van der Waals surface area contributed by atoms with Crippen molar-refractivity contribution in [1.82, 2.24) is 4.90 Å². The summed E-state index contributed by atoms with van der Waals surface area (Å²) in [6, 6.07) is 11.9. The second kappa shape index (κ2) is 10.6. The Kier molecular flexibility index (Phi) is 7.45. The molecule has 2 aliphatic heterocycles. The number of halogens is 1. The summed E-state index contributed by atoms with van der Waals surface area (Å²) in [7, 11) is 1.73. The van der Waals surface area contributed by atoms with Crippen molar-refractivity contribution in [2.45, 2.75) is 62.7 Å². The molecule has 1 N–H and O–H groups in total. The van der Waals surface area contributed by atoms with Gasteiger partial charge in [0.2, 0.25) is 5.91 Å². The fourth-order valence-corrected chi connectivity index (χ4v) is 6.44. The molecule has 0 radical (unpaired) electrons. The number of benzene rings is 2. The van der Waals surface area contributed by atoms with Gasteiger partial charge in [-0.3, -0.25) is 9.59 Å². The number of hydrogen-bond acceptors (Lipinski definition) is 4. The molecule has 202 valence electrons. The van der Waals surface area contributed by atoms with Gasteiger partial charge in [0.05, 0.1) is 17.7 Å². The lowest BCUT2D eigenvalue weighted by atomic mass is 9.70. The van der Waals surface area contributed by atoms with E-state index in [9.17, 15) is 14.7 Å². The molecule has 1 aliphatic carbocycles. The van der Waals surface area contributed by atoms with Gasteiger partial charge in [0.25, 0.3) is 0 Å². The van der Waals surface area contributed by atoms with Gasteiger partial charge in [0.15, 0.2) is 0 Å². The van der Waals surface area contributed by atoms with E-state index in [0.717, 1.165) is 68.1 Å². The average Bonchev–Trinajstić information content (AvgIpc) is 3.04. The van der Waals surface area contributed by atoms with Crippen LogP contribution >= 0.6 is 11.6 Å². The summed E-state index contributed by atoms with van der Waals surface area (Å²) in [5, 5.41) is 11.1. The SMILES string of the molecule is CN1C/C=C/CCCCN2C[C@@]3(CCCc4cc(Cl)ccc43)COc3ccc(cc32)[C@@](C)(C(=O)O)CC1=O. The van der Waals surface area contributed by atoms with E-state index in [1.165, 1.54) is 11.1 Å². The van der Waals surface area contributed by atoms with Gasteiger partial charge in [-0.25, -0.2) is 0 Å². The van der Waals surface area contributed by atoms with Crippen molar-refractivity contribution in [2.24, 2.45) is 0 Å². The molecule has 6 nitrogen and oxygen atoms in total. The Balaban J connectivity index is 1.59. The van der Waals surface area contributed by atoms with Crippen LogP contribution in [-0.4, -0.2) is 55.2 Å². The van der Waals surface area contributed by atoms with Crippen molar-refractivity contribution in [3.05, 3.63) is 70.3 Å². The molecule has 2 heterocycles. The molecule has 2 aromatic rings. The number of ether oxygens (including phenoxy) is 1. The summed E-state index contributed by atoms with van der Waals surface area (Å²) < 4.78 is 6.54. The van der Waals surface area contributed by atoms with Gasteiger partial charge in [-0.05, 0) is 86.4 Å². The fraction of sp³-hybridized carbons (Fsp3) is 0.484. The van der Waals surface area contributed by atoms with Crippen molar-refractivity contribution in [1.29, 1.82) is 0 Å². The van der Waals surface area contributed by atoms with Gasteiger partial charge >= 0.3 is 5.97 Å². The van der Waals surface area contributed by atoms with Crippen molar-refractivity contribution < 1.29 is 19.4 Å². The van der Waals surface area contributed by atoms with E-state index >= 15 is 0 Å². The first-order valence-corrected chi connectivity index (χ1v) is 14.0. The molecule has 3 aliphatic rings. The molecule has 7 heteroatoms. The lowest BCUT2D eigenvalue weighted by molar-refractivity contribution is -0.147. The van der Waals surface area contributed by atoms with E-state index in [0.29, 0.717) is 18.7 Å². The number of aliphatic carboxylic acids is 1. The third-order valence-corrected chi connectivity index (χ3v) is 8.91. The number of anilines is 1. The topological polar surface area (TPSA) is 70.1 Å². The van der Waals surface area contributed by atoms with Crippen LogP contribution in [0.4, 0.5) is 5.69 Å². The zero-order valence-corrected chi connectivity index (χ0v) is 23.1. The third-order valence-electron chi connectivity index (χ3n) is 8.67. The Labute approximate surface area is 230 Å². The zero-order chi connectivity index (χ0) is 26.9. The molecule has 0 saturated heterocycles. The molecule has 5 rings (SSSR count). The highest BCUT2D eigenvalue weighted by molar-refractivity contribution is 6.30. The van der Waals surface area contributed by atoms with Crippen LogP contribution in [-0.2, 0) is 26.8 Å². The van der Waals surface area contributed by atoms with E-state index in [1.54, 1.807) is 18.9 Å². The molecule has 1 spiro atoms. The molecule has 38 heavy (non-hydrogen) atoms. The highest BCUT2D eigenvalue weighted by Gasteiger charge is 2.43. The number of amides is 1. The molecule has 1 amide bonds. The minimum absolute atomic E-state index is 0.107. The monoisotopic (exact) mass is 536 g/mol. The van der Waals surface area contributed by atoms with Gasteiger partial charge in [-0.15, -0.1) is 0 Å². The fourth-order valence-electron chi connectivity index (χ4n) is 6.25. The molecule has 2 aromatic carbocycles. The van der Waals surface area contributed by atoms with E-state index < -0.39 is 11.4 Å². The predicted octanol–water partition coefficient (Wildman–Crippen LogP) is 5.74. The van der Waals surface area contributed by atoms with E-state index in [1.807, 2.05) is 30.3 Å². The first kappa shape index (κ1) is 26.6. The van der Waals surface area contributed by atoms with Crippen LogP contribution in [0.2, 0.25) is 5.02 Å². The zero-order valence-electron chi connectivity index (χ0n) is 22.3. The number of hydrogen-bond donors (Lipinski definition) is 1. The molecule has 0 unspecified atom stereocenters. The molecular weight excluding hydrogens is 500 g/mol. The van der Waals surface area contributed by atoms with Crippen molar-refractivity contribution in [3.8, 4) is 5.75 Å². The van der Waals surface area contributed by atoms with E-state index in [4.69, 9.17) is 16.3 Å². The summed E-state index contributed by atoms with van der Waals surface area (Å²) >= 11 is 6.36. The molecule has 2 atom stereocenters. The molecule has 2 bridgehead atoms. The lowest BCUT2D eigenvalue weighted by Crippen LogP contribution is -2.46. The summed E-state index contributed by atoms with van der Waals surface area (Å²) in [6.45, 7) is 4.33. The van der Waals surface area contributed by atoms with Gasteiger partial charge < -0.3 is 19.6 Å². The first-order valence-electron chi connectivity index (χ1n) is 13.7. The maximum atomic E-state index is 13.0. The molecule has 0 saturated carbocycles. The van der Waals surface area contributed by atoms with Gasteiger partial charge in [-0.2, -0.15) is 0 Å². The number of aryl methyl sites for hydroxylation is 1. The number of allylic oxidation sites excluding steroid dienone is 1. The Morgan fingerprint density at radius 2 is 1.95 bits per heavy atom. The van der Waals surface area contributed by atoms with Gasteiger partial charge in [0, 0.05) is 43.5 Å². The van der Waals surface area contributed by atoms with Crippen molar-refractivity contribution in [2.75, 3.05) is 38.2 Å². The third kappa shape index (κ3) is 5.03. The van der Waals surface area contributed by atoms with Crippen LogP contribution in [0.3, 0.4) is 0 Å². The lowest BCUT2D eigenvalue weighted by Gasteiger charge is -2.41. The number of nitrogens with zero attached hydrogens (tertiary/aromatic N) is 2. The van der Waals surface area contributed by atoms with Gasteiger partial charge in [-0.1, -0.05) is 35.9 Å². The van der Waals surface area contributed by atoms with Crippen LogP contribution in [0.1, 0.15) is 62.1 Å². The summed E-state index contributed by atoms with van der Waals surface area (Å²) in [6.07, 6.45) is 10.1. The largest absolute Gasteiger partial charge is 0.490 e. The van der Waals surface area contributed by atoms with E-state index in [2.05, 4.69) is 23.1 Å². The first-order chi connectivity index (χ1) is 18.2. The highest BCUT2D eigenvalue weighted by Crippen LogP contribution is 2.45. The number of carboxylic acid groups (broad SMARTS) is 1. The number of fused-ring (bicyclic) bond motifs is 3. The average molecular weight is 537 g/mol. The normalized spacial score (nSPS) is 27.0. The quantitative estimate of drug-likeness (QED) is 0.470. The Hall–Kier alpha value is -2.99. The van der Waals surface area contributed by atoms with Crippen LogP contribution in [0, 0.1) is 0 Å². The minimum atomic E-state index is -1.35. The number of likely N-dealkylation sites (N-methyl/N-ethyl adjacent to an activating group) is 1. The van der Waals surface area contributed by atoms with Crippen LogP contribution in [0.5, 0.6) is 5.75 Å². The number of rotatable bonds is 1. The van der Waals surface area contributed by atoms with E-state index in [-0.39, 0.29) is 17.7 Å². The van der Waals surface area contributed by atoms with Crippen LogP contribution in [0.25, 0.3) is 0 Å². The second-order valence-electron chi connectivity index (χ2n) is 11.4. The molecular formula is C31H37ClN2O4. The van der Waals surface area contributed by atoms with Crippen molar-refractivity contribution >= 4 is 29.2 Å². The molecule has 0 fully saturated rings. The number of carbonyl (C=O) groups is 2. The van der Waals surface area contributed by atoms with Crippen molar-refractivity contribution in [3.63, 3.8) is 0 Å². The Morgan fingerprint density at radius 1 is 1.11 bits per heavy atom. The minimum Gasteiger partial charge on any atom is -0.490 e. The Morgan fingerprint density at radius 3 is 2.76 bits per heavy atom. The Bertz CT molecular complexity index is 1260.